The number of hydrogen-bond acceptors (Lipinski definition) is 6. The SMILES string of the molecule is COC(=O)c1cc2c(c(OC)c1N)OC(F)(F)O2. The van der Waals surface area contributed by atoms with E-state index in [0.717, 1.165) is 13.2 Å². The van der Waals surface area contributed by atoms with Crippen LogP contribution in [0.5, 0.6) is 17.2 Å². The first-order valence-corrected chi connectivity index (χ1v) is 4.74. The number of fused-ring (bicyclic) bond motifs is 1. The third kappa shape index (κ3) is 1.75. The number of anilines is 1. The van der Waals surface area contributed by atoms with Crippen molar-refractivity contribution in [1.82, 2.24) is 0 Å². The molecule has 1 aromatic rings. The van der Waals surface area contributed by atoms with E-state index < -0.39 is 12.3 Å². The van der Waals surface area contributed by atoms with E-state index in [2.05, 4.69) is 14.2 Å². The maximum atomic E-state index is 12.9. The van der Waals surface area contributed by atoms with Gasteiger partial charge in [0.15, 0.2) is 11.5 Å². The second-order valence-electron chi connectivity index (χ2n) is 3.36. The van der Waals surface area contributed by atoms with Gasteiger partial charge in [-0.1, -0.05) is 0 Å². The summed E-state index contributed by atoms with van der Waals surface area (Å²) in [6.07, 6.45) is -3.82. The number of rotatable bonds is 2. The monoisotopic (exact) mass is 261 g/mol. The third-order valence-electron chi connectivity index (χ3n) is 2.30. The molecule has 2 rings (SSSR count). The van der Waals surface area contributed by atoms with Gasteiger partial charge in [-0.2, -0.15) is 0 Å². The van der Waals surface area contributed by atoms with Crippen molar-refractivity contribution in [1.29, 1.82) is 0 Å². The Morgan fingerprint density at radius 2 is 2.06 bits per heavy atom. The highest BCUT2D eigenvalue weighted by molar-refractivity contribution is 5.98. The molecule has 1 aliphatic heterocycles. The fourth-order valence-corrected chi connectivity index (χ4v) is 1.55. The highest BCUT2D eigenvalue weighted by Gasteiger charge is 2.46. The number of benzene rings is 1. The number of alkyl halides is 2. The van der Waals surface area contributed by atoms with Gasteiger partial charge in [0.25, 0.3) is 0 Å². The number of methoxy groups -OCH3 is 2. The normalized spacial score (nSPS) is 15.3. The summed E-state index contributed by atoms with van der Waals surface area (Å²) >= 11 is 0. The third-order valence-corrected chi connectivity index (χ3v) is 2.30. The van der Waals surface area contributed by atoms with Crippen LogP contribution in [0.3, 0.4) is 0 Å². The summed E-state index contributed by atoms with van der Waals surface area (Å²) in [4.78, 5) is 11.4. The topological polar surface area (TPSA) is 80.0 Å². The van der Waals surface area contributed by atoms with E-state index in [0.29, 0.717) is 0 Å². The van der Waals surface area contributed by atoms with Crippen molar-refractivity contribution in [2.45, 2.75) is 6.29 Å². The van der Waals surface area contributed by atoms with Gasteiger partial charge in [-0.05, 0) is 0 Å². The molecule has 0 radical (unpaired) electrons. The van der Waals surface area contributed by atoms with E-state index in [4.69, 9.17) is 10.5 Å². The zero-order valence-electron chi connectivity index (χ0n) is 9.45. The Hall–Kier alpha value is -2.25. The van der Waals surface area contributed by atoms with Gasteiger partial charge in [-0.15, -0.1) is 8.78 Å². The summed E-state index contributed by atoms with van der Waals surface area (Å²) < 4.78 is 43.7. The second kappa shape index (κ2) is 3.90. The number of carbonyl (C=O) groups is 1. The molecule has 0 aliphatic carbocycles. The van der Waals surface area contributed by atoms with Crippen LogP contribution in [0.25, 0.3) is 0 Å². The van der Waals surface area contributed by atoms with Gasteiger partial charge in [0.05, 0.1) is 25.5 Å². The molecule has 0 bridgehead atoms. The average molecular weight is 261 g/mol. The lowest BCUT2D eigenvalue weighted by molar-refractivity contribution is -0.287. The molecule has 8 heteroatoms. The van der Waals surface area contributed by atoms with Crippen LogP contribution in [0.4, 0.5) is 14.5 Å². The Morgan fingerprint density at radius 1 is 1.39 bits per heavy atom. The lowest BCUT2D eigenvalue weighted by Gasteiger charge is -2.10. The summed E-state index contributed by atoms with van der Waals surface area (Å²) in [5.74, 6) is -1.70. The molecule has 1 heterocycles. The van der Waals surface area contributed by atoms with Crippen LogP contribution in [0.15, 0.2) is 6.07 Å². The van der Waals surface area contributed by atoms with E-state index in [-0.39, 0.29) is 28.5 Å². The first-order valence-electron chi connectivity index (χ1n) is 4.74. The molecule has 2 N–H and O–H groups in total. The zero-order chi connectivity index (χ0) is 13.5. The molecular formula is C10H9F2NO5. The molecule has 98 valence electrons. The molecule has 0 fully saturated rings. The van der Waals surface area contributed by atoms with Crippen LogP contribution in [0, 0.1) is 0 Å². The Bertz CT molecular complexity index is 517. The summed E-state index contributed by atoms with van der Waals surface area (Å²) in [7, 11) is 2.33. The summed E-state index contributed by atoms with van der Waals surface area (Å²) in [6, 6.07) is 1.01. The number of nitrogens with two attached hydrogens (primary N) is 1. The van der Waals surface area contributed by atoms with Crippen molar-refractivity contribution in [2.75, 3.05) is 20.0 Å². The first-order chi connectivity index (χ1) is 8.39. The van der Waals surface area contributed by atoms with E-state index in [9.17, 15) is 13.6 Å². The first kappa shape index (κ1) is 12.2. The molecule has 1 aromatic carbocycles. The van der Waals surface area contributed by atoms with Crippen molar-refractivity contribution in [3.63, 3.8) is 0 Å². The molecular weight excluding hydrogens is 252 g/mol. The zero-order valence-corrected chi connectivity index (χ0v) is 9.45. The molecule has 0 saturated heterocycles. The molecule has 0 saturated carbocycles. The van der Waals surface area contributed by atoms with E-state index in [1.807, 2.05) is 0 Å². The van der Waals surface area contributed by atoms with Crippen molar-refractivity contribution in [3.8, 4) is 17.2 Å². The van der Waals surface area contributed by atoms with E-state index in [1.165, 1.54) is 7.11 Å². The van der Waals surface area contributed by atoms with Gasteiger partial charge in [-0.25, -0.2) is 4.79 Å². The molecule has 18 heavy (non-hydrogen) atoms. The van der Waals surface area contributed by atoms with Gasteiger partial charge in [0.2, 0.25) is 5.75 Å². The van der Waals surface area contributed by atoms with Gasteiger partial charge >= 0.3 is 12.3 Å². The highest BCUT2D eigenvalue weighted by atomic mass is 19.3. The Balaban J connectivity index is 2.61. The van der Waals surface area contributed by atoms with Crippen molar-refractivity contribution in [2.24, 2.45) is 0 Å². The smallest absolute Gasteiger partial charge is 0.491 e. The Kier molecular flexibility index (Phi) is 2.64. The van der Waals surface area contributed by atoms with Gasteiger partial charge in [0.1, 0.15) is 0 Å². The lowest BCUT2D eigenvalue weighted by atomic mass is 10.1. The van der Waals surface area contributed by atoms with Gasteiger partial charge < -0.3 is 24.7 Å². The number of hydrogen-bond donors (Lipinski definition) is 1. The maximum Gasteiger partial charge on any atom is 0.586 e. The minimum Gasteiger partial charge on any atom is -0.491 e. The number of ether oxygens (including phenoxy) is 4. The summed E-state index contributed by atoms with van der Waals surface area (Å²) in [5.41, 5.74) is 5.32. The predicted molar refractivity (Wildman–Crippen MR) is 54.9 cm³/mol. The fraction of sp³-hybridized carbons (Fsp3) is 0.300. The van der Waals surface area contributed by atoms with E-state index in [1.54, 1.807) is 0 Å². The molecule has 0 amide bonds. The van der Waals surface area contributed by atoms with Gasteiger partial charge in [0, 0.05) is 6.07 Å². The van der Waals surface area contributed by atoms with Gasteiger partial charge in [-0.3, -0.25) is 0 Å². The number of halogens is 2. The van der Waals surface area contributed by atoms with Crippen LogP contribution >= 0.6 is 0 Å². The van der Waals surface area contributed by atoms with Crippen molar-refractivity contribution in [3.05, 3.63) is 11.6 Å². The van der Waals surface area contributed by atoms with Crippen molar-refractivity contribution >= 4 is 11.7 Å². The minimum absolute atomic E-state index is 0.144. The largest absolute Gasteiger partial charge is 0.586 e. The van der Waals surface area contributed by atoms with Crippen molar-refractivity contribution < 1.29 is 32.5 Å². The predicted octanol–water partition coefficient (Wildman–Crippen LogP) is 1.39. The molecule has 0 aromatic heterocycles. The van der Waals surface area contributed by atoms with Crippen LogP contribution in [-0.2, 0) is 4.74 Å². The fourth-order valence-electron chi connectivity index (χ4n) is 1.55. The molecule has 0 unspecified atom stereocenters. The summed E-state index contributed by atoms with van der Waals surface area (Å²) in [5, 5.41) is 0. The number of nitrogen functional groups attached to an aromatic ring is 1. The standard InChI is InChI=1S/C10H9F2NO5/c1-15-8-6(13)4(9(14)16-2)3-5-7(8)18-10(11,12)17-5/h3H,13H2,1-2H3. The summed E-state index contributed by atoms with van der Waals surface area (Å²) in [6.45, 7) is 0. The molecule has 0 atom stereocenters. The highest BCUT2D eigenvalue weighted by Crippen LogP contribution is 2.51. The van der Waals surface area contributed by atoms with Crippen LogP contribution in [0.1, 0.15) is 10.4 Å². The van der Waals surface area contributed by atoms with E-state index >= 15 is 0 Å². The Labute approximate surface area is 100 Å². The van der Waals surface area contributed by atoms with Crippen LogP contribution < -0.4 is 19.9 Å². The average Bonchev–Trinajstić information content (AvgIpc) is 2.61. The Morgan fingerprint density at radius 3 is 2.61 bits per heavy atom. The molecule has 1 aliphatic rings. The minimum atomic E-state index is -3.82. The van der Waals surface area contributed by atoms with Crippen LogP contribution in [0.2, 0.25) is 0 Å². The lowest BCUT2D eigenvalue weighted by Crippen LogP contribution is -2.26. The maximum absolute atomic E-state index is 12.9. The quantitative estimate of drug-likeness (QED) is 0.640. The molecule has 0 spiro atoms. The number of carbonyl (C=O) groups excluding carboxylic acids is 1. The van der Waals surface area contributed by atoms with Crippen LogP contribution in [-0.4, -0.2) is 26.5 Å². The second-order valence-corrected chi connectivity index (χ2v) is 3.36. The molecule has 6 nitrogen and oxygen atoms in total. The number of esters is 1.